The minimum absolute atomic E-state index is 0.0844. The predicted octanol–water partition coefficient (Wildman–Crippen LogP) is 1.08. The highest BCUT2D eigenvalue weighted by molar-refractivity contribution is 5.94. The SMILES string of the molecule is C[C@H](C(=O)Nc1cccc(C#N)c1)N1CCC(C(N)=O)CC1. The Bertz CT molecular complexity index is 600. The van der Waals surface area contributed by atoms with E-state index >= 15 is 0 Å². The van der Waals surface area contributed by atoms with Crippen LogP contribution in [0, 0.1) is 17.2 Å². The summed E-state index contributed by atoms with van der Waals surface area (Å²) in [5.74, 6) is -0.462. The van der Waals surface area contributed by atoms with Crippen LogP contribution in [0.5, 0.6) is 0 Å². The van der Waals surface area contributed by atoms with Gasteiger partial charge in [-0.1, -0.05) is 6.07 Å². The topological polar surface area (TPSA) is 99.2 Å². The molecule has 22 heavy (non-hydrogen) atoms. The summed E-state index contributed by atoms with van der Waals surface area (Å²) in [5.41, 5.74) is 6.44. The van der Waals surface area contributed by atoms with Crippen LogP contribution in [-0.4, -0.2) is 35.8 Å². The fraction of sp³-hybridized carbons (Fsp3) is 0.438. The summed E-state index contributed by atoms with van der Waals surface area (Å²) < 4.78 is 0. The number of amides is 2. The Morgan fingerprint density at radius 1 is 1.41 bits per heavy atom. The molecule has 1 atom stereocenters. The molecule has 1 aliphatic rings. The largest absolute Gasteiger partial charge is 0.369 e. The average Bonchev–Trinajstić information content (AvgIpc) is 2.54. The minimum Gasteiger partial charge on any atom is -0.369 e. The maximum Gasteiger partial charge on any atom is 0.241 e. The summed E-state index contributed by atoms with van der Waals surface area (Å²) in [5, 5.41) is 11.7. The Balaban J connectivity index is 1.92. The van der Waals surface area contributed by atoms with Gasteiger partial charge < -0.3 is 11.1 Å². The highest BCUT2D eigenvalue weighted by Crippen LogP contribution is 2.19. The smallest absolute Gasteiger partial charge is 0.241 e. The molecule has 1 fully saturated rings. The third-order valence-corrected chi connectivity index (χ3v) is 4.12. The van der Waals surface area contributed by atoms with Gasteiger partial charge in [-0.15, -0.1) is 0 Å². The van der Waals surface area contributed by atoms with Crippen LogP contribution in [0.15, 0.2) is 24.3 Å². The Morgan fingerprint density at radius 3 is 2.68 bits per heavy atom. The molecule has 116 valence electrons. The van der Waals surface area contributed by atoms with Gasteiger partial charge in [0, 0.05) is 11.6 Å². The van der Waals surface area contributed by atoms with Crippen LogP contribution in [0.1, 0.15) is 25.3 Å². The average molecular weight is 300 g/mol. The third-order valence-electron chi connectivity index (χ3n) is 4.12. The van der Waals surface area contributed by atoms with Crippen LogP contribution in [0.25, 0.3) is 0 Å². The van der Waals surface area contributed by atoms with Gasteiger partial charge in [0.05, 0.1) is 17.7 Å². The summed E-state index contributed by atoms with van der Waals surface area (Å²) in [6, 6.07) is 8.57. The molecule has 3 N–H and O–H groups in total. The first-order valence-electron chi connectivity index (χ1n) is 7.35. The van der Waals surface area contributed by atoms with Crippen molar-refractivity contribution in [2.45, 2.75) is 25.8 Å². The Labute approximate surface area is 129 Å². The first kappa shape index (κ1) is 16.0. The van der Waals surface area contributed by atoms with E-state index in [1.54, 1.807) is 24.3 Å². The lowest BCUT2D eigenvalue weighted by Gasteiger charge is -2.34. The van der Waals surface area contributed by atoms with Crippen molar-refractivity contribution >= 4 is 17.5 Å². The number of rotatable bonds is 4. The molecule has 0 aromatic heterocycles. The Morgan fingerprint density at radius 2 is 2.09 bits per heavy atom. The molecule has 0 saturated carbocycles. The van der Waals surface area contributed by atoms with Crippen molar-refractivity contribution in [2.24, 2.45) is 11.7 Å². The second kappa shape index (κ2) is 7.05. The summed E-state index contributed by atoms with van der Waals surface area (Å²) in [6.07, 6.45) is 1.38. The molecule has 6 nitrogen and oxygen atoms in total. The van der Waals surface area contributed by atoms with Gasteiger partial charge in [-0.2, -0.15) is 5.26 Å². The number of nitrogens with two attached hydrogens (primary N) is 1. The van der Waals surface area contributed by atoms with Crippen LogP contribution in [0.4, 0.5) is 5.69 Å². The van der Waals surface area contributed by atoms with Crippen LogP contribution in [0.2, 0.25) is 0 Å². The number of nitrogens with zero attached hydrogens (tertiary/aromatic N) is 2. The number of benzene rings is 1. The van der Waals surface area contributed by atoms with Crippen molar-refractivity contribution in [1.29, 1.82) is 5.26 Å². The molecular formula is C16H20N4O2. The molecule has 2 rings (SSSR count). The first-order chi connectivity index (χ1) is 10.5. The molecule has 6 heteroatoms. The van der Waals surface area contributed by atoms with Gasteiger partial charge in [0.15, 0.2) is 0 Å². The number of hydrogen-bond acceptors (Lipinski definition) is 4. The fourth-order valence-corrected chi connectivity index (χ4v) is 2.65. The number of nitrogens with one attached hydrogen (secondary N) is 1. The molecule has 1 heterocycles. The molecule has 0 bridgehead atoms. The maximum absolute atomic E-state index is 12.3. The molecule has 1 saturated heterocycles. The van der Waals surface area contributed by atoms with Gasteiger partial charge >= 0.3 is 0 Å². The van der Waals surface area contributed by atoms with Crippen molar-refractivity contribution in [1.82, 2.24) is 4.90 Å². The molecule has 0 unspecified atom stereocenters. The van der Waals surface area contributed by atoms with Gasteiger partial charge in [-0.3, -0.25) is 14.5 Å². The van der Waals surface area contributed by atoms with Crippen molar-refractivity contribution < 1.29 is 9.59 Å². The maximum atomic E-state index is 12.3. The van der Waals surface area contributed by atoms with Crippen molar-refractivity contribution in [3.8, 4) is 6.07 Å². The number of primary amides is 1. The van der Waals surface area contributed by atoms with Crippen LogP contribution in [-0.2, 0) is 9.59 Å². The number of anilines is 1. The zero-order valence-electron chi connectivity index (χ0n) is 12.6. The second-order valence-corrected chi connectivity index (χ2v) is 5.57. The summed E-state index contributed by atoms with van der Waals surface area (Å²) in [7, 11) is 0. The van der Waals surface area contributed by atoms with Gasteiger partial charge in [-0.05, 0) is 51.1 Å². The Hall–Kier alpha value is -2.39. The highest BCUT2D eigenvalue weighted by Gasteiger charge is 2.28. The van der Waals surface area contributed by atoms with E-state index in [9.17, 15) is 9.59 Å². The standard InChI is InChI=1S/C16H20N4O2/c1-11(20-7-5-13(6-8-20)15(18)21)16(22)19-14-4-2-3-12(9-14)10-17/h2-4,9,11,13H,5-8H2,1H3,(H2,18,21)(H,19,22)/t11-/m1/s1. The molecule has 0 radical (unpaired) electrons. The number of carbonyl (C=O) groups is 2. The zero-order valence-corrected chi connectivity index (χ0v) is 12.6. The van der Waals surface area contributed by atoms with Crippen LogP contribution >= 0.6 is 0 Å². The molecular weight excluding hydrogens is 280 g/mol. The van der Waals surface area contributed by atoms with E-state index in [4.69, 9.17) is 11.0 Å². The second-order valence-electron chi connectivity index (χ2n) is 5.57. The molecule has 1 aromatic rings. The summed E-state index contributed by atoms with van der Waals surface area (Å²) >= 11 is 0. The number of hydrogen-bond donors (Lipinski definition) is 2. The third kappa shape index (κ3) is 3.83. The number of carbonyl (C=O) groups excluding carboxylic acids is 2. The van der Waals surface area contributed by atoms with Gasteiger partial charge in [0.25, 0.3) is 0 Å². The lowest BCUT2D eigenvalue weighted by molar-refractivity contribution is -0.124. The summed E-state index contributed by atoms with van der Waals surface area (Å²) in [6.45, 7) is 3.20. The minimum atomic E-state index is -0.292. The summed E-state index contributed by atoms with van der Waals surface area (Å²) in [4.78, 5) is 25.5. The number of nitriles is 1. The van der Waals surface area contributed by atoms with E-state index in [1.165, 1.54) is 0 Å². The highest BCUT2D eigenvalue weighted by atomic mass is 16.2. The molecule has 2 amide bonds. The van der Waals surface area contributed by atoms with Crippen molar-refractivity contribution in [3.63, 3.8) is 0 Å². The number of likely N-dealkylation sites (tertiary alicyclic amines) is 1. The van der Waals surface area contributed by atoms with Gasteiger partial charge in [0.2, 0.25) is 11.8 Å². The van der Waals surface area contributed by atoms with E-state index in [0.29, 0.717) is 37.2 Å². The lowest BCUT2D eigenvalue weighted by Crippen LogP contribution is -2.47. The molecule has 1 aliphatic heterocycles. The molecule has 0 aliphatic carbocycles. The monoisotopic (exact) mass is 300 g/mol. The first-order valence-corrected chi connectivity index (χ1v) is 7.35. The fourth-order valence-electron chi connectivity index (χ4n) is 2.65. The lowest BCUT2D eigenvalue weighted by atomic mass is 9.95. The zero-order chi connectivity index (χ0) is 16.1. The Kier molecular flexibility index (Phi) is 5.12. The van der Waals surface area contributed by atoms with E-state index < -0.39 is 0 Å². The molecule has 0 spiro atoms. The van der Waals surface area contributed by atoms with Crippen molar-refractivity contribution in [3.05, 3.63) is 29.8 Å². The van der Waals surface area contributed by atoms with E-state index in [1.807, 2.05) is 17.9 Å². The van der Waals surface area contributed by atoms with Gasteiger partial charge in [-0.25, -0.2) is 0 Å². The van der Waals surface area contributed by atoms with E-state index in [2.05, 4.69) is 5.32 Å². The van der Waals surface area contributed by atoms with Gasteiger partial charge in [0.1, 0.15) is 0 Å². The van der Waals surface area contributed by atoms with Crippen LogP contribution < -0.4 is 11.1 Å². The van der Waals surface area contributed by atoms with Crippen molar-refractivity contribution in [2.75, 3.05) is 18.4 Å². The molecule has 1 aromatic carbocycles. The normalized spacial score (nSPS) is 17.5. The van der Waals surface area contributed by atoms with Crippen LogP contribution in [0.3, 0.4) is 0 Å². The van der Waals surface area contributed by atoms with E-state index in [-0.39, 0.29) is 23.8 Å². The number of piperidine rings is 1. The quantitative estimate of drug-likeness (QED) is 0.869. The predicted molar refractivity (Wildman–Crippen MR) is 82.7 cm³/mol. The van der Waals surface area contributed by atoms with E-state index in [0.717, 1.165) is 0 Å².